The zero-order valence-corrected chi connectivity index (χ0v) is 19.0. The first kappa shape index (κ1) is 28.4. The van der Waals surface area contributed by atoms with Gasteiger partial charge in [0.2, 0.25) is 0 Å². The molecule has 0 radical (unpaired) electrons. The Kier molecular flexibility index (Phi) is 8.48. The molecule has 2 aromatic carbocycles. The Morgan fingerprint density at radius 2 is 1.57 bits per heavy atom. The normalized spacial score (nSPS) is 12.3. The SMILES string of the molecule is CCOC(=O)Cc1c(Cl)ccc(OP(=O)(O)O)c1C(=O)Nc1cc(C(F)(F)F)cc(C(F)(F)F)c1. The number of amides is 1. The Hall–Kier alpha value is -2.80. The average Bonchev–Trinajstić information content (AvgIpc) is 2.68. The van der Waals surface area contributed by atoms with Crippen molar-refractivity contribution in [3.8, 4) is 5.75 Å². The maximum Gasteiger partial charge on any atom is 0.524 e. The molecule has 8 nitrogen and oxygen atoms in total. The monoisotopic (exact) mass is 549 g/mol. The van der Waals surface area contributed by atoms with Gasteiger partial charge >= 0.3 is 26.1 Å². The highest BCUT2D eigenvalue weighted by Gasteiger charge is 2.37. The van der Waals surface area contributed by atoms with E-state index in [4.69, 9.17) is 26.1 Å². The molecule has 192 valence electrons. The van der Waals surface area contributed by atoms with Gasteiger partial charge in [0.1, 0.15) is 5.75 Å². The number of anilines is 1. The average molecular weight is 550 g/mol. The first-order valence-electron chi connectivity index (χ1n) is 9.25. The number of alkyl halides is 6. The molecule has 0 atom stereocenters. The summed E-state index contributed by atoms with van der Waals surface area (Å²) in [5, 5.41) is 1.50. The fraction of sp³-hybridized carbons (Fsp3) is 0.263. The molecule has 3 N–H and O–H groups in total. The lowest BCUT2D eigenvalue weighted by Gasteiger charge is -2.18. The van der Waals surface area contributed by atoms with E-state index in [-0.39, 0.29) is 29.8 Å². The van der Waals surface area contributed by atoms with Crippen LogP contribution >= 0.6 is 19.4 Å². The van der Waals surface area contributed by atoms with Crippen LogP contribution in [0.2, 0.25) is 5.02 Å². The van der Waals surface area contributed by atoms with E-state index < -0.39 is 72.2 Å². The lowest BCUT2D eigenvalue weighted by molar-refractivity contribution is -0.143. The number of nitrogens with one attached hydrogen (secondary N) is 1. The zero-order chi connectivity index (χ0) is 26.8. The van der Waals surface area contributed by atoms with Crippen molar-refractivity contribution in [3.63, 3.8) is 0 Å². The van der Waals surface area contributed by atoms with E-state index in [1.165, 1.54) is 6.92 Å². The van der Waals surface area contributed by atoms with E-state index in [1.54, 1.807) is 5.32 Å². The molecule has 0 bridgehead atoms. The number of ether oxygens (including phenoxy) is 1. The number of hydrogen-bond donors (Lipinski definition) is 3. The molecule has 0 heterocycles. The number of carbonyl (C=O) groups excluding carboxylic acids is 2. The van der Waals surface area contributed by atoms with Gasteiger partial charge in [-0.15, -0.1) is 0 Å². The second kappa shape index (κ2) is 10.4. The first-order chi connectivity index (χ1) is 15.9. The Morgan fingerprint density at radius 3 is 2.03 bits per heavy atom. The van der Waals surface area contributed by atoms with Crippen molar-refractivity contribution in [2.24, 2.45) is 0 Å². The molecular formula is C19H15ClF6NO7P. The summed E-state index contributed by atoms with van der Waals surface area (Å²) in [4.78, 5) is 43.1. The van der Waals surface area contributed by atoms with Gasteiger partial charge in [-0.2, -0.15) is 26.3 Å². The van der Waals surface area contributed by atoms with Gasteiger partial charge < -0.3 is 14.6 Å². The molecule has 0 unspecified atom stereocenters. The number of benzene rings is 2. The quantitative estimate of drug-likeness (QED) is 0.246. The molecule has 0 aromatic heterocycles. The summed E-state index contributed by atoms with van der Waals surface area (Å²) in [5.41, 5.74) is -5.64. The van der Waals surface area contributed by atoms with Gasteiger partial charge in [0.15, 0.2) is 0 Å². The smallest absolute Gasteiger partial charge is 0.466 e. The number of rotatable bonds is 7. The van der Waals surface area contributed by atoms with Crippen molar-refractivity contribution in [1.82, 2.24) is 0 Å². The van der Waals surface area contributed by atoms with Crippen molar-refractivity contribution in [2.45, 2.75) is 25.7 Å². The van der Waals surface area contributed by atoms with Crippen LogP contribution in [0, 0.1) is 0 Å². The van der Waals surface area contributed by atoms with E-state index in [1.807, 2.05) is 0 Å². The number of esters is 1. The van der Waals surface area contributed by atoms with E-state index in [0.29, 0.717) is 0 Å². The third-order valence-electron chi connectivity index (χ3n) is 4.13. The standard InChI is InChI=1S/C19H15ClF6NO7P/c1-2-33-15(28)8-12-13(20)3-4-14(34-35(30,31)32)16(12)17(29)27-11-6-9(18(21,22)23)5-10(7-11)19(24,25)26/h3-7H,2,8H2,1H3,(H,27,29)(H2,30,31,32). The van der Waals surface area contributed by atoms with Gasteiger partial charge in [0.25, 0.3) is 5.91 Å². The fourth-order valence-corrected chi connectivity index (χ4v) is 3.44. The van der Waals surface area contributed by atoms with E-state index >= 15 is 0 Å². The molecule has 0 saturated heterocycles. The molecular weight excluding hydrogens is 535 g/mol. The molecule has 2 rings (SSSR count). The maximum absolute atomic E-state index is 13.1. The summed E-state index contributed by atoms with van der Waals surface area (Å²) in [6.07, 6.45) is -11.2. The minimum absolute atomic E-state index is 0.0961. The zero-order valence-electron chi connectivity index (χ0n) is 17.3. The summed E-state index contributed by atoms with van der Waals surface area (Å²) in [6.45, 7) is 1.35. The van der Waals surface area contributed by atoms with E-state index in [0.717, 1.165) is 12.1 Å². The van der Waals surface area contributed by atoms with Crippen LogP contribution in [0.25, 0.3) is 0 Å². The molecule has 0 spiro atoms. The molecule has 0 aliphatic rings. The summed E-state index contributed by atoms with van der Waals surface area (Å²) in [7, 11) is -5.32. The van der Waals surface area contributed by atoms with Gasteiger partial charge in [-0.1, -0.05) is 11.6 Å². The van der Waals surface area contributed by atoms with Crippen molar-refractivity contribution in [3.05, 3.63) is 57.6 Å². The van der Waals surface area contributed by atoms with Crippen molar-refractivity contribution in [2.75, 3.05) is 11.9 Å². The minimum atomic E-state index is -5.32. The number of halogens is 7. The maximum atomic E-state index is 13.1. The highest BCUT2D eigenvalue weighted by molar-refractivity contribution is 7.46. The molecule has 1 amide bonds. The highest BCUT2D eigenvalue weighted by Crippen LogP contribution is 2.42. The molecule has 0 aliphatic carbocycles. The number of hydrogen-bond acceptors (Lipinski definition) is 5. The van der Waals surface area contributed by atoms with Crippen LogP contribution in [-0.2, 0) is 32.9 Å². The Morgan fingerprint density at radius 1 is 1.03 bits per heavy atom. The number of phosphoric ester groups is 1. The number of carbonyl (C=O) groups is 2. The van der Waals surface area contributed by atoms with Gasteiger partial charge in [-0.05, 0) is 42.8 Å². The van der Waals surface area contributed by atoms with Crippen molar-refractivity contribution < 1.29 is 59.5 Å². The number of phosphoric acid groups is 1. The molecule has 16 heteroatoms. The topological polar surface area (TPSA) is 122 Å². The van der Waals surface area contributed by atoms with Crippen LogP contribution in [0.4, 0.5) is 32.0 Å². The van der Waals surface area contributed by atoms with Crippen LogP contribution in [-0.4, -0.2) is 28.3 Å². The summed E-state index contributed by atoms with van der Waals surface area (Å²) < 4.78 is 99.2. The van der Waals surface area contributed by atoms with Crippen molar-refractivity contribution in [1.29, 1.82) is 0 Å². The minimum Gasteiger partial charge on any atom is -0.466 e. The second-order valence-corrected chi connectivity index (χ2v) is 8.28. The van der Waals surface area contributed by atoms with Crippen LogP contribution in [0.5, 0.6) is 5.75 Å². The highest BCUT2D eigenvalue weighted by atomic mass is 35.5. The predicted octanol–water partition coefficient (Wildman–Crippen LogP) is 5.21. The first-order valence-corrected chi connectivity index (χ1v) is 11.2. The van der Waals surface area contributed by atoms with Gasteiger partial charge in [-0.25, -0.2) is 4.57 Å². The van der Waals surface area contributed by atoms with Gasteiger partial charge in [0.05, 0.1) is 29.7 Å². The van der Waals surface area contributed by atoms with Gasteiger partial charge in [-0.3, -0.25) is 19.4 Å². The fourth-order valence-electron chi connectivity index (χ4n) is 2.80. The largest absolute Gasteiger partial charge is 0.524 e. The van der Waals surface area contributed by atoms with Crippen LogP contribution in [0.15, 0.2) is 30.3 Å². The second-order valence-electron chi connectivity index (χ2n) is 6.71. The van der Waals surface area contributed by atoms with E-state index in [9.17, 15) is 40.5 Å². The third kappa shape index (κ3) is 7.85. The third-order valence-corrected chi connectivity index (χ3v) is 4.92. The van der Waals surface area contributed by atoms with Crippen LogP contribution < -0.4 is 9.84 Å². The summed E-state index contributed by atoms with van der Waals surface area (Å²) in [6, 6.07) is 2.09. The predicted molar refractivity (Wildman–Crippen MR) is 109 cm³/mol. The lowest BCUT2D eigenvalue weighted by Crippen LogP contribution is -2.20. The van der Waals surface area contributed by atoms with Crippen LogP contribution in [0.1, 0.15) is 34.0 Å². The Balaban J connectivity index is 2.65. The Labute approximate surface area is 198 Å². The molecule has 35 heavy (non-hydrogen) atoms. The molecule has 0 aliphatic heterocycles. The van der Waals surface area contributed by atoms with Crippen molar-refractivity contribution >= 4 is 37.0 Å². The molecule has 2 aromatic rings. The van der Waals surface area contributed by atoms with E-state index in [2.05, 4.69) is 4.52 Å². The molecule has 0 fully saturated rings. The molecule has 0 saturated carbocycles. The summed E-state index contributed by atoms with van der Waals surface area (Å²) >= 11 is 6.00. The lowest BCUT2D eigenvalue weighted by atomic mass is 10.0. The Bertz CT molecular complexity index is 1150. The van der Waals surface area contributed by atoms with Gasteiger partial charge in [0, 0.05) is 10.7 Å². The summed E-state index contributed by atoms with van der Waals surface area (Å²) in [5.74, 6) is -3.26. The van der Waals surface area contributed by atoms with Crippen LogP contribution in [0.3, 0.4) is 0 Å².